The third-order valence-corrected chi connectivity index (χ3v) is 3.38. The lowest BCUT2D eigenvalue weighted by Crippen LogP contribution is -2.27. The Balaban J connectivity index is 2.42. The SMILES string of the molecule is COCCC(C)NCc1ncc(Br)cc1Br. The van der Waals surface area contributed by atoms with Crippen LogP contribution in [0.3, 0.4) is 0 Å². The maximum atomic E-state index is 5.03. The molecule has 0 aromatic carbocycles. The minimum atomic E-state index is 0.428. The van der Waals surface area contributed by atoms with Crippen LogP contribution in [0.2, 0.25) is 0 Å². The molecule has 0 spiro atoms. The fourth-order valence-electron chi connectivity index (χ4n) is 1.24. The van der Waals surface area contributed by atoms with Crippen LogP contribution in [0.15, 0.2) is 21.2 Å². The largest absolute Gasteiger partial charge is 0.385 e. The van der Waals surface area contributed by atoms with Gasteiger partial charge in [-0.2, -0.15) is 0 Å². The van der Waals surface area contributed by atoms with Gasteiger partial charge in [-0.3, -0.25) is 4.98 Å². The van der Waals surface area contributed by atoms with Crippen molar-refractivity contribution in [1.82, 2.24) is 10.3 Å². The van der Waals surface area contributed by atoms with Crippen LogP contribution in [0.5, 0.6) is 0 Å². The third-order valence-electron chi connectivity index (χ3n) is 2.26. The van der Waals surface area contributed by atoms with Crippen molar-refractivity contribution in [2.24, 2.45) is 0 Å². The van der Waals surface area contributed by atoms with E-state index >= 15 is 0 Å². The summed E-state index contributed by atoms with van der Waals surface area (Å²) >= 11 is 6.87. The van der Waals surface area contributed by atoms with Crippen LogP contribution >= 0.6 is 31.9 Å². The molecule has 1 N–H and O–H groups in total. The predicted molar refractivity (Wildman–Crippen MR) is 72.4 cm³/mol. The number of ether oxygens (including phenoxy) is 1. The van der Waals surface area contributed by atoms with E-state index in [1.165, 1.54) is 0 Å². The zero-order valence-electron chi connectivity index (χ0n) is 9.46. The molecule has 0 aliphatic carbocycles. The average molecular weight is 352 g/mol. The van der Waals surface area contributed by atoms with Crippen LogP contribution in [0.1, 0.15) is 19.0 Å². The van der Waals surface area contributed by atoms with Gasteiger partial charge in [0, 0.05) is 41.4 Å². The summed E-state index contributed by atoms with van der Waals surface area (Å²) in [5, 5.41) is 3.41. The zero-order chi connectivity index (χ0) is 12.0. The molecule has 1 heterocycles. The summed E-state index contributed by atoms with van der Waals surface area (Å²) < 4.78 is 7.04. The number of rotatable bonds is 6. The molecule has 1 unspecified atom stereocenters. The van der Waals surface area contributed by atoms with Crippen LogP contribution in [-0.2, 0) is 11.3 Å². The topological polar surface area (TPSA) is 34.1 Å². The molecule has 90 valence electrons. The first-order valence-corrected chi connectivity index (χ1v) is 6.74. The second kappa shape index (κ2) is 7.37. The van der Waals surface area contributed by atoms with Crippen LogP contribution in [0.25, 0.3) is 0 Å². The van der Waals surface area contributed by atoms with Crippen molar-refractivity contribution in [2.75, 3.05) is 13.7 Å². The van der Waals surface area contributed by atoms with Crippen molar-refractivity contribution < 1.29 is 4.74 Å². The molecule has 1 atom stereocenters. The van der Waals surface area contributed by atoms with E-state index in [4.69, 9.17) is 4.74 Å². The Morgan fingerprint density at radius 3 is 2.88 bits per heavy atom. The van der Waals surface area contributed by atoms with E-state index in [0.29, 0.717) is 6.04 Å². The van der Waals surface area contributed by atoms with Crippen molar-refractivity contribution in [2.45, 2.75) is 25.9 Å². The molecule has 0 aliphatic heterocycles. The van der Waals surface area contributed by atoms with Crippen molar-refractivity contribution in [3.05, 3.63) is 26.9 Å². The Hall–Kier alpha value is 0.0300. The normalized spacial score (nSPS) is 12.8. The lowest BCUT2D eigenvalue weighted by atomic mass is 10.2. The molecular weight excluding hydrogens is 336 g/mol. The fourth-order valence-corrected chi connectivity index (χ4v) is 2.37. The Labute approximate surface area is 113 Å². The van der Waals surface area contributed by atoms with Crippen LogP contribution in [-0.4, -0.2) is 24.7 Å². The molecule has 0 radical (unpaired) electrons. The Morgan fingerprint density at radius 1 is 1.50 bits per heavy atom. The van der Waals surface area contributed by atoms with Crippen molar-refractivity contribution in [3.63, 3.8) is 0 Å². The van der Waals surface area contributed by atoms with E-state index in [1.54, 1.807) is 7.11 Å². The summed E-state index contributed by atoms with van der Waals surface area (Å²) in [6.45, 7) is 3.69. The fraction of sp³-hybridized carbons (Fsp3) is 0.545. The zero-order valence-corrected chi connectivity index (χ0v) is 12.6. The van der Waals surface area contributed by atoms with E-state index in [1.807, 2.05) is 12.3 Å². The number of nitrogens with one attached hydrogen (secondary N) is 1. The Kier molecular flexibility index (Phi) is 6.49. The number of aromatic nitrogens is 1. The Bertz CT molecular complexity index is 334. The highest BCUT2D eigenvalue weighted by Gasteiger charge is 2.05. The first-order valence-electron chi connectivity index (χ1n) is 5.15. The van der Waals surface area contributed by atoms with E-state index in [0.717, 1.165) is 34.2 Å². The molecule has 0 amide bonds. The number of methoxy groups -OCH3 is 1. The van der Waals surface area contributed by atoms with Crippen molar-refractivity contribution in [3.8, 4) is 0 Å². The standard InChI is InChI=1S/C11H16Br2N2O/c1-8(3-4-16-2)14-7-11-10(13)5-9(12)6-15-11/h5-6,8,14H,3-4,7H2,1-2H3. The first kappa shape index (κ1) is 14.1. The molecule has 0 fully saturated rings. The lowest BCUT2D eigenvalue weighted by Gasteiger charge is -2.13. The van der Waals surface area contributed by atoms with Gasteiger partial charge in [-0.05, 0) is 51.3 Å². The minimum absolute atomic E-state index is 0.428. The quantitative estimate of drug-likeness (QED) is 0.854. The summed E-state index contributed by atoms with van der Waals surface area (Å²) in [4.78, 5) is 4.34. The number of hydrogen-bond acceptors (Lipinski definition) is 3. The molecule has 0 bridgehead atoms. The maximum absolute atomic E-state index is 5.03. The predicted octanol–water partition coefficient (Wildman–Crippen LogP) is 3.12. The van der Waals surface area contributed by atoms with E-state index in [2.05, 4.69) is 49.1 Å². The molecule has 1 rings (SSSR count). The summed E-state index contributed by atoms with van der Waals surface area (Å²) in [5.41, 5.74) is 1.02. The molecule has 16 heavy (non-hydrogen) atoms. The first-order chi connectivity index (χ1) is 7.63. The van der Waals surface area contributed by atoms with Gasteiger partial charge in [0.05, 0.1) is 5.69 Å². The smallest absolute Gasteiger partial charge is 0.0684 e. The molecule has 5 heteroatoms. The van der Waals surface area contributed by atoms with Gasteiger partial charge in [-0.1, -0.05) is 0 Å². The molecule has 1 aromatic heterocycles. The highest BCUT2D eigenvalue weighted by Crippen LogP contribution is 2.19. The summed E-state index contributed by atoms with van der Waals surface area (Å²) in [6, 6.07) is 2.43. The molecule has 0 saturated heterocycles. The Morgan fingerprint density at radius 2 is 2.25 bits per heavy atom. The number of pyridine rings is 1. The molecular formula is C11H16Br2N2O. The van der Waals surface area contributed by atoms with Gasteiger partial charge in [0.25, 0.3) is 0 Å². The lowest BCUT2D eigenvalue weighted by molar-refractivity contribution is 0.184. The molecule has 0 aliphatic rings. The van der Waals surface area contributed by atoms with Crippen molar-refractivity contribution in [1.29, 1.82) is 0 Å². The summed E-state index contributed by atoms with van der Waals surface area (Å²) in [7, 11) is 1.72. The number of hydrogen-bond donors (Lipinski definition) is 1. The van der Waals surface area contributed by atoms with E-state index in [-0.39, 0.29) is 0 Å². The number of nitrogens with zero attached hydrogens (tertiary/aromatic N) is 1. The van der Waals surface area contributed by atoms with Gasteiger partial charge in [-0.25, -0.2) is 0 Å². The monoisotopic (exact) mass is 350 g/mol. The second-order valence-corrected chi connectivity index (χ2v) is 5.42. The van der Waals surface area contributed by atoms with Gasteiger partial charge in [0.2, 0.25) is 0 Å². The van der Waals surface area contributed by atoms with Crippen LogP contribution < -0.4 is 5.32 Å². The second-order valence-electron chi connectivity index (χ2n) is 3.65. The molecule has 0 saturated carbocycles. The summed E-state index contributed by atoms with van der Waals surface area (Å²) in [5.74, 6) is 0. The van der Waals surface area contributed by atoms with Crippen LogP contribution in [0, 0.1) is 0 Å². The van der Waals surface area contributed by atoms with Gasteiger partial charge < -0.3 is 10.1 Å². The van der Waals surface area contributed by atoms with Gasteiger partial charge in [-0.15, -0.1) is 0 Å². The van der Waals surface area contributed by atoms with E-state index < -0.39 is 0 Å². The van der Waals surface area contributed by atoms with Crippen LogP contribution in [0.4, 0.5) is 0 Å². The van der Waals surface area contributed by atoms with Crippen molar-refractivity contribution >= 4 is 31.9 Å². The van der Waals surface area contributed by atoms with E-state index in [9.17, 15) is 0 Å². The van der Waals surface area contributed by atoms with Gasteiger partial charge in [0.15, 0.2) is 0 Å². The third kappa shape index (κ3) is 4.91. The summed E-state index contributed by atoms with van der Waals surface area (Å²) in [6.07, 6.45) is 2.81. The van der Waals surface area contributed by atoms with Gasteiger partial charge in [0.1, 0.15) is 0 Å². The highest BCUT2D eigenvalue weighted by atomic mass is 79.9. The maximum Gasteiger partial charge on any atom is 0.0684 e. The molecule has 3 nitrogen and oxygen atoms in total. The number of halogens is 2. The average Bonchev–Trinajstić information content (AvgIpc) is 2.25. The molecule has 1 aromatic rings. The van der Waals surface area contributed by atoms with Gasteiger partial charge >= 0.3 is 0 Å². The highest BCUT2D eigenvalue weighted by molar-refractivity contribution is 9.11. The minimum Gasteiger partial charge on any atom is -0.385 e.